The van der Waals surface area contributed by atoms with Gasteiger partial charge in [-0.25, -0.2) is 15.0 Å². The quantitative estimate of drug-likeness (QED) is 0.172. The van der Waals surface area contributed by atoms with Crippen molar-refractivity contribution < 1.29 is 4.42 Å². The number of rotatable bonds is 6. The zero-order chi connectivity index (χ0) is 37.0. The highest BCUT2D eigenvalue weighted by Gasteiger charge is 2.22. The average Bonchev–Trinajstić information content (AvgIpc) is 3.84. The number of benzene rings is 8. The van der Waals surface area contributed by atoms with Crippen LogP contribution in [0.25, 0.3) is 106 Å². The molecule has 262 valence electrons. The zero-order valence-corrected chi connectivity index (χ0v) is 30.2. The van der Waals surface area contributed by atoms with Gasteiger partial charge in [-0.1, -0.05) is 164 Å². The molecule has 0 saturated heterocycles. The highest BCUT2D eigenvalue weighted by atomic mass is 16.3. The van der Waals surface area contributed by atoms with E-state index in [2.05, 4.69) is 132 Å². The van der Waals surface area contributed by atoms with Gasteiger partial charge in [-0.15, -0.1) is 0 Å². The molecule has 0 saturated carbocycles. The third-order valence-corrected chi connectivity index (χ3v) is 10.7. The lowest BCUT2D eigenvalue weighted by Crippen LogP contribution is -2.00. The van der Waals surface area contributed by atoms with Crippen molar-refractivity contribution in [2.45, 2.75) is 0 Å². The van der Waals surface area contributed by atoms with E-state index in [9.17, 15) is 0 Å². The molecule has 0 bridgehead atoms. The van der Waals surface area contributed by atoms with E-state index >= 15 is 0 Å². The Balaban J connectivity index is 1.11. The van der Waals surface area contributed by atoms with Crippen LogP contribution < -0.4 is 0 Å². The number of aromatic nitrogens is 4. The molecule has 0 radical (unpaired) electrons. The van der Waals surface area contributed by atoms with E-state index in [1.54, 1.807) is 0 Å². The fourth-order valence-electron chi connectivity index (χ4n) is 7.99. The monoisotopic (exact) mass is 716 g/mol. The lowest BCUT2D eigenvalue weighted by atomic mass is 10.00. The van der Waals surface area contributed by atoms with Crippen LogP contribution in [-0.4, -0.2) is 19.5 Å². The molecule has 0 unspecified atom stereocenters. The average molecular weight is 717 g/mol. The predicted octanol–water partition coefficient (Wildman–Crippen LogP) is 13.2. The van der Waals surface area contributed by atoms with Gasteiger partial charge in [-0.05, 0) is 52.6 Å². The van der Waals surface area contributed by atoms with E-state index in [0.29, 0.717) is 17.5 Å². The molecule has 0 N–H and O–H groups in total. The Morgan fingerprint density at radius 2 is 0.839 bits per heavy atom. The SMILES string of the molecule is c1ccc(-c2ccc(-c3cccc(-n4c5ccccc5c5ccc6c7cccc(-c8nc(-c9ccccc9)nc(-c9ccccc9)n8)c7oc6c54)c3)cc2)cc1. The Morgan fingerprint density at radius 3 is 1.54 bits per heavy atom. The van der Waals surface area contributed by atoms with E-state index in [1.165, 1.54) is 16.5 Å². The first kappa shape index (κ1) is 31.9. The van der Waals surface area contributed by atoms with Crippen molar-refractivity contribution in [1.82, 2.24) is 19.5 Å². The van der Waals surface area contributed by atoms with Gasteiger partial charge in [-0.3, -0.25) is 0 Å². The molecule has 5 heteroatoms. The summed E-state index contributed by atoms with van der Waals surface area (Å²) in [6.07, 6.45) is 0. The molecule has 0 atom stereocenters. The van der Waals surface area contributed by atoms with Crippen molar-refractivity contribution >= 4 is 43.7 Å². The van der Waals surface area contributed by atoms with Crippen LogP contribution in [0.3, 0.4) is 0 Å². The maximum atomic E-state index is 7.08. The van der Waals surface area contributed by atoms with Crippen molar-refractivity contribution in [3.05, 3.63) is 194 Å². The second kappa shape index (κ2) is 13.0. The maximum Gasteiger partial charge on any atom is 0.167 e. The summed E-state index contributed by atoms with van der Waals surface area (Å²) in [4.78, 5) is 15.0. The molecule has 3 heterocycles. The normalized spacial score (nSPS) is 11.6. The first-order valence-electron chi connectivity index (χ1n) is 18.8. The molecule has 0 aliphatic rings. The molecular weight excluding hydrogens is 685 g/mol. The summed E-state index contributed by atoms with van der Waals surface area (Å²) in [6, 6.07) is 67.5. The summed E-state index contributed by atoms with van der Waals surface area (Å²) >= 11 is 0. The summed E-state index contributed by atoms with van der Waals surface area (Å²) in [7, 11) is 0. The second-order valence-corrected chi connectivity index (χ2v) is 14.0. The Kier molecular flexibility index (Phi) is 7.42. The number of hydrogen-bond acceptors (Lipinski definition) is 4. The van der Waals surface area contributed by atoms with Crippen LogP contribution in [0.2, 0.25) is 0 Å². The van der Waals surface area contributed by atoms with Crippen LogP contribution in [0.1, 0.15) is 0 Å². The molecule has 56 heavy (non-hydrogen) atoms. The fraction of sp³-hybridized carbons (Fsp3) is 0. The zero-order valence-electron chi connectivity index (χ0n) is 30.2. The molecular formula is C51H32N4O. The smallest absolute Gasteiger partial charge is 0.167 e. The number of nitrogens with zero attached hydrogens (tertiary/aromatic N) is 4. The minimum atomic E-state index is 0.560. The minimum absolute atomic E-state index is 0.560. The van der Waals surface area contributed by atoms with E-state index in [-0.39, 0.29) is 0 Å². The van der Waals surface area contributed by atoms with Gasteiger partial charge in [0, 0.05) is 38.4 Å². The summed E-state index contributed by atoms with van der Waals surface area (Å²) in [5.74, 6) is 1.78. The van der Waals surface area contributed by atoms with Gasteiger partial charge in [0.25, 0.3) is 0 Å². The molecule has 11 aromatic rings. The van der Waals surface area contributed by atoms with Crippen molar-refractivity contribution in [2.75, 3.05) is 0 Å². The Morgan fingerprint density at radius 1 is 0.339 bits per heavy atom. The highest BCUT2D eigenvalue weighted by molar-refractivity contribution is 6.22. The van der Waals surface area contributed by atoms with Gasteiger partial charge < -0.3 is 8.98 Å². The topological polar surface area (TPSA) is 56.7 Å². The first-order chi connectivity index (χ1) is 27.8. The highest BCUT2D eigenvalue weighted by Crippen LogP contribution is 2.43. The van der Waals surface area contributed by atoms with Crippen molar-refractivity contribution in [1.29, 1.82) is 0 Å². The lowest BCUT2D eigenvalue weighted by molar-refractivity contribution is 0.671. The molecule has 0 spiro atoms. The standard InChI is InChI=1S/C51H32N4O/c1-4-14-33(15-5-1)34-26-28-35(29-27-34)38-20-12-21-39(32-38)55-45-25-11-10-22-40(45)41-30-31-43-42-23-13-24-44(47(42)56-48(43)46(41)55)51-53-49(36-16-6-2-7-17-36)52-50(54-51)37-18-8-3-9-19-37/h1-32H. The Hall–Kier alpha value is -7.63. The summed E-state index contributed by atoms with van der Waals surface area (Å²) in [6.45, 7) is 0. The predicted molar refractivity (Wildman–Crippen MR) is 229 cm³/mol. The van der Waals surface area contributed by atoms with E-state index < -0.39 is 0 Å². The number of para-hydroxylation sites is 2. The van der Waals surface area contributed by atoms with Crippen LogP contribution in [0.5, 0.6) is 0 Å². The Labute approximate surface area is 322 Å². The molecule has 5 nitrogen and oxygen atoms in total. The van der Waals surface area contributed by atoms with Gasteiger partial charge in [0.2, 0.25) is 0 Å². The number of fused-ring (bicyclic) bond motifs is 7. The number of furan rings is 1. The number of hydrogen-bond donors (Lipinski definition) is 0. The van der Waals surface area contributed by atoms with Gasteiger partial charge in [0.1, 0.15) is 5.58 Å². The third-order valence-electron chi connectivity index (χ3n) is 10.7. The molecule has 0 amide bonds. The van der Waals surface area contributed by atoms with Crippen LogP contribution in [0, 0.1) is 0 Å². The fourth-order valence-corrected chi connectivity index (χ4v) is 7.99. The van der Waals surface area contributed by atoms with E-state index in [0.717, 1.165) is 71.9 Å². The maximum absolute atomic E-state index is 7.08. The van der Waals surface area contributed by atoms with Gasteiger partial charge >= 0.3 is 0 Å². The molecule has 8 aromatic carbocycles. The van der Waals surface area contributed by atoms with Gasteiger partial charge in [0.15, 0.2) is 23.1 Å². The van der Waals surface area contributed by atoms with E-state index in [1.807, 2.05) is 66.7 Å². The molecule has 0 aliphatic carbocycles. The van der Waals surface area contributed by atoms with Crippen molar-refractivity contribution in [2.24, 2.45) is 0 Å². The second-order valence-electron chi connectivity index (χ2n) is 14.0. The largest absolute Gasteiger partial charge is 0.453 e. The summed E-state index contributed by atoms with van der Waals surface area (Å²) in [5, 5.41) is 4.34. The molecule has 0 aliphatic heterocycles. The first-order valence-corrected chi connectivity index (χ1v) is 18.8. The molecule has 11 rings (SSSR count). The van der Waals surface area contributed by atoms with Gasteiger partial charge in [-0.2, -0.15) is 0 Å². The third kappa shape index (κ3) is 5.29. The summed E-state index contributed by atoms with van der Waals surface area (Å²) < 4.78 is 9.43. The van der Waals surface area contributed by atoms with Gasteiger partial charge in [0.05, 0.1) is 16.6 Å². The van der Waals surface area contributed by atoms with Crippen molar-refractivity contribution in [3.8, 4) is 62.1 Å². The van der Waals surface area contributed by atoms with Crippen LogP contribution >= 0.6 is 0 Å². The van der Waals surface area contributed by atoms with Crippen LogP contribution in [0.4, 0.5) is 0 Å². The molecule has 3 aromatic heterocycles. The molecule has 0 fully saturated rings. The van der Waals surface area contributed by atoms with E-state index in [4.69, 9.17) is 19.4 Å². The summed E-state index contributed by atoms with van der Waals surface area (Å²) in [5.41, 5.74) is 12.1. The lowest BCUT2D eigenvalue weighted by Gasteiger charge is -2.11. The Bertz CT molecular complexity index is 3160. The van der Waals surface area contributed by atoms with Crippen molar-refractivity contribution in [3.63, 3.8) is 0 Å². The van der Waals surface area contributed by atoms with Crippen LogP contribution in [-0.2, 0) is 0 Å². The van der Waals surface area contributed by atoms with Crippen LogP contribution in [0.15, 0.2) is 199 Å². The minimum Gasteiger partial charge on any atom is -0.453 e.